The van der Waals surface area contributed by atoms with Crippen molar-refractivity contribution in [2.24, 2.45) is 5.41 Å². The number of ether oxygens (including phenoxy) is 1. The molecule has 1 saturated carbocycles. The van der Waals surface area contributed by atoms with E-state index in [1.807, 2.05) is 25.7 Å². The number of carbonyl (C=O) groups excluding carboxylic acids is 1. The lowest BCUT2D eigenvalue weighted by molar-refractivity contribution is 0.00490. The number of aryl methyl sites for hydroxylation is 1. The average Bonchev–Trinajstić information content (AvgIpc) is 2.42. The normalized spacial score (nSPS) is 18.0. The van der Waals surface area contributed by atoms with Gasteiger partial charge in [0.1, 0.15) is 5.60 Å². The van der Waals surface area contributed by atoms with Crippen LogP contribution in [-0.2, 0) is 11.3 Å². The Morgan fingerprint density at radius 1 is 1.24 bits per heavy atom. The van der Waals surface area contributed by atoms with Crippen molar-refractivity contribution in [2.75, 3.05) is 0 Å². The van der Waals surface area contributed by atoms with Gasteiger partial charge in [0, 0.05) is 17.1 Å². The van der Waals surface area contributed by atoms with Crippen molar-refractivity contribution in [3.8, 4) is 0 Å². The second kappa shape index (κ2) is 7.69. The minimum Gasteiger partial charge on any atom is -0.444 e. The van der Waals surface area contributed by atoms with Gasteiger partial charge in [-0.1, -0.05) is 35.8 Å². The highest BCUT2D eigenvalue weighted by Gasteiger charge is 2.34. The van der Waals surface area contributed by atoms with Gasteiger partial charge in [-0.25, -0.2) is 4.79 Å². The summed E-state index contributed by atoms with van der Waals surface area (Å²) in [6.07, 6.45) is 4.18. The average molecular weight is 410 g/mol. The van der Waals surface area contributed by atoms with Gasteiger partial charge in [0.05, 0.1) is 0 Å². The van der Waals surface area contributed by atoms with Crippen molar-refractivity contribution >= 4 is 22.0 Å². The van der Waals surface area contributed by atoms with E-state index in [4.69, 9.17) is 4.74 Å². The van der Waals surface area contributed by atoms with Crippen LogP contribution in [0, 0.1) is 12.3 Å². The molecule has 0 saturated heterocycles. The molecule has 1 aliphatic rings. The number of carbonyl (C=O) groups is 1. The molecule has 0 atom stereocenters. The smallest absolute Gasteiger partial charge is 0.410 e. The maximum absolute atomic E-state index is 12.9. The summed E-state index contributed by atoms with van der Waals surface area (Å²) in [6.45, 7) is 13.1. The van der Waals surface area contributed by atoms with Crippen molar-refractivity contribution in [2.45, 2.75) is 85.4 Å². The summed E-state index contributed by atoms with van der Waals surface area (Å²) in [4.78, 5) is 14.8. The molecule has 0 aromatic heterocycles. The molecule has 3 nitrogen and oxygen atoms in total. The summed E-state index contributed by atoms with van der Waals surface area (Å²) in [5.41, 5.74) is 2.24. The molecule has 1 aromatic carbocycles. The molecule has 4 heteroatoms. The SMILES string of the molecule is Cc1cc(Br)cc(CN(C(=O)OC(C)(C)C)C2CCC(C)(C)CC2)c1. The minimum atomic E-state index is -0.476. The highest BCUT2D eigenvalue weighted by molar-refractivity contribution is 9.10. The first kappa shape index (κ1) is 20.3. The van der Waals surface area contributed by atoms with E-state index in [0.29, 0.717) is 12.0 Å². The molecule has 0 heterocycles. The molecule has 0 unspecified atom stereocenters. The van der Waals surface area contributed by atoms with Gasteiger partial charge < -0.3 is 9.64 Å². The van der Waals surface area contributed by atoms with Gasteiger partial charge in [-0.15, -0.1) is 0 Å². The van der Waals surface area contributed by atoms with Gasteiger partial charge in [0.2, 0.25) is 0 Å². The van der Waals surface area contributed by atoms with E-state index in [-0.39, 0.29) is 12.1 Å². The minimum absolute atomic E-state index is 0.199. The Balaban J connectivity index is 2.21. The Morgan fingerprint density at radius 3 is 2.36 bits per heavy atom. The van der Waals surface area contributed by atoms with E-state index in [1.54, 1.807) is 0 Å². The van der Waals surface area contributed by atoms with Crippen LogP contribution in [0.25, 0.3) is 0 Å². The topological polar surface area (TPSA) is 29.5 Å². The van der Waals surface area contributed by atoms with Crippen LogP contribution >= 0.6 is 15.9 Å². The van der Waals surface area contributed by atoms with Crippen LogP contribution < -0.4 is 0 Å². The quantitative estimate of drug-likeness (QED) is 0.572. The second-order valence-corrected chi connectivity index (χ2v) is 10.1. The summed E-state index contributed by atoms with van der Waals surface area (Å²) in [7, 11) is 0. The Labute approximate surface area is 161 Å². The van der Waals surface area contributed by atoms with E-state index in [2.05, 4.69) is 54.9 Å². The van der Waals surface area contributed by atoms with Crippen LogP contribution in [0.1, 0.15) is 71.4 Å². The monoisotopic (exact) mass is 409 g/mol. The molecule has 2 rings (SSSR count). The first-order valence-corrected chi connectivity index (χ1v) is 10.0. The fourth-order valence-electron chi connectivity index (χ4n) is 3.46. The predicted molar refractivity (Wildman–Crippen MR) is 107 cm³/mol. The molecular formula is C21H32BrNO2. The van der Waals surface area contributed by atoms with Gasteiger partial charge in [0.25, 0.3) is 0 Å². The Morgan fingerprint density at radius 2 is 1.84 bits per heavy atom. The van der Waals surface area contributed by atoms with E-state index in [9.17, 15) is 4.79 Å². The van der Waals surface area contributed by atoms with Gasteiger partial charge in [0.15, 0.2) is 0 Å². The van der Waals surface area contributed by atoms with Crippen molar-refractivity contribution in [1.29, 1.82) is 0 Å². The molecule has 0 aliphatic heterocycles. The van der Waals surface area contributed by atoms with Gasteiger partial charge in [-0.05, 0) is 82.1 Å². The Bertz CT molecular complexity index is 589. The molecule has 0 bridgehead atoms. The number of benzene rings is 1. The molecule has 0 spiro atoms. The highest BCUT2D eigenvalue weighted by Crippen LogP contribution is 2.37. The fourth-order valence-corrected chi connectivity index (χ4v) is 4.11. The van der Waals surface area contributed by atoms with E-state index in [1.165, 1.54) is 5.56 Å². The summed E-state index contributed by atoms with van der Waals surface area (Å²) >= 11 is 3.56. The maximum Gasteiger partial charge on any atom is 0.410 e. The number of hydrogen-bond donors (Lipinski definition) is 0. The van der Waals surface area contributed by atoms with Crippen molar-refractivity contribution in [3.63, 3.8) is 0 Å². The van der Waals surface area contributed by atoms with Crippen molar-refractivity contribution in [1.82, 2.24) is 4.90 Å². The zero-order valence-corrected chi connectivity index (χ0v) is 18.1. The zero-order chi connectivity index (χ0) is 18.8. The lowest BCUT2D eigenvalue weighted by Crippen LogP contribution is -2.45. The molecule has 25 heavy (non-hydrogen) atoms. The largest absolute Gasteiger partial charge is 0.444 e. The number of amides is 1. The lowest BCUT2D eigenvalue weighted by Gasteiger charge is -2.40. The zero-order valence-electron chi connectivity index (χ0n) is 16.5. The standard InChI is InChI=1S/C21H32BrNO2/c1-15-11-16(13-17(22)12-15)14-23(19(24)25-20(2,3)4)18-7-9-21(5,6)10-8-18/h11-13,18H,7-10,14H2,1-6H3. The Hall–Kier alpha value is -1.03. The predicted octanol–water partition coefficient (Wildman–Crippen LogP) is 6.46. The third-order valence-corrected chi connectivity index (χ3v) is 5.29. The van der Waals surface area contributed by atoms with Gasteiger partial charge in [-0.2, -0.15) is 0 Å². The molecule has 0 N–H and O–H groups in total. The summed E-state index contributed by atoms with van der Waals surface area (Å²) < 4.78 is 6.77. The van der Waals surface area contributed by atoms with Crippen LogP contribution in [0.4, 0.5) is 4.79 Å². The first-order valence-electron chi connectivity index (χ1n) is 9.21. The van der Waals surface area contributed by atoms with E-state index in [0.717, 1.165) is 35.7 Å². The number of rotatable bonds is 3. The molecule has 1 aromatic rings. The van der Waals surface area contributed by atoms with E-state index >= 15 is 0 Å². The fraction of sp³-hybridized carbons (Fsp3) is 0.667. The third kappa shape index (κ3) is 6.32. The highest BCUT2D eigenvalue weighted by atomic mass is 79.9. The summed E-state index contributed by atoms with van der Waals surface area (Å²) in [5.74, 6) is 0. The molecule has 0 radical (unpaired) electrons. The summed E-state index contributed by atoms with van der Waals surface area (Å²) in [6, 6.07) is 6.58. The summed E-state index contributed by atoms with van der Waals surface area (Å²) in [5, 5.41) is 0. The second-order valence-electron chi connectivity index (χ2n) is 9.14. The van der Waals surface area contributed by atoms with Crippen LogP contribution in [0.3, 0.4) is 0 Å². The van der Waals surface area contributed by atoms with Crippen LogP contribution in [-0.4, -0.2) is 22.6 Å². The lowest BCUT2D eigenvalue weighted by atomic mass is 9.75. The van der Waals surface area contributed by atoms with Crippen LogP contribution in [0.2, 0.25) is 0 Å². The Kier molecular flexibility index (Phi) is 6.24. The molecular weight excluding hydrogens is 378 g/mol. The molecule has 1 fully saturated rings. The van der Waals surface area contributed by atoms with Crippen molar-refractivity contribution in [3.05, 3.63) is 33.8 Å². The van der Waals surface area contributed by atoms with Crippen LogP contribution in [0.15, 0.2) is 22.7 Å². The number of hydrogen-bond acceptors (Lipinski definition) is 2. The number of halogens is 1. The maximum atomic E-state index is 12.9. The molecule has 1 amide bonds. The number of nitrogens with zero attached hydrogens (tertiary/aromatic N) is 1. The molecule has 140 valence electrons. The first-order chi connectivity index (χ1) is 11.5. The van der Waals surface area contributed by atoms with Crippen LogP contribution in [0.5, 0.6) is 0 Å². The van der Waals surface area contributed by atoms with E-state index < -0.39 is 5.60 Å². The molecule has 1 aliphatic carbocycles. The van der Waals surface area contributed by atoms with Gasteiger partial charge >= 0.3 is 6.09 Å². The third-order valence-electron chi connectivity index (χ3n) is 4.83. The van der Waals surface area contributed by atoms with Gasteiger partial charge in [-0.3, -0.25) is 0 Å². The van der Waals surface area contributed by atoms with Crippen molar-refractivity contribution < 1.29 is 9.53 Å².